The third-order valence-electron chi connectivity index (χ3n) is 5.00. The topological polar surface area (TPSA) is 99.1 Å². The molecule has 0 bridgehead atoms. The number of benzene rings is 1. The zero-order valence-corrected chi connectivity index (χ0v) is 18.8. The van der Waals surface area contributed by atoms with Crippen LogP contribution in [0.25, 0.3) is 0 Å². The van der Waals surface area contributed by atoms with E-state index in [1.807, 2.05) is 6.07 Å². The third kappa shape index (κ3) is 6.51. The summed E-state index contributed by atoms with van der Waals surface area (Å²) in [6.45, 7) is 7.05. The van der Waals surface area contributed by atoms with Gasteiger partial charge in [0.1, 0.15) is 11.7 Å². The van der Waals surface area contributed by atoms with E-state index in [9.17, 15) is 23.2 Å². The standard InChI is InChI=1S/C23H26F3N5O2/c1-12(28-22(32)33-23(2,3)4)19(13-5-6-13)30-21-18(26)9-14(11-27)20(31-21)29-15-7-8-16(24)17(25)10-15/h7-10,12-13,19H,5-6H2,1-4H3,(H,28,32)(H2,29,30,31)/t12-,19-/m0/s1. The lowest BCUT2D eigenvalue weighted by atomic mass is 10.0. The van der Waals surface area contributed by atoms with Crippen molar-refractivity contribution in [1.29, 1.82) is 5.26 Å². The first-order valence-corrected chi connectivity index (χ1v) is 10.6. The van der Waals surface area contributed by atoms with Gasteiger partial charge in [0, 0.05) is 17.8 Å². The van der Waals surface area contributed by atoms with Crippen LogP contribution in [0, 0.1) is 34.7 Å². The Morgan fingerprint density at radius 1 is 1.15 bits per heavy atom. The summed E-state index contributed by atoms with van der Waals surface area (Å²) in [5, 5.41) is 17.9. The molecule has 1 aliphatic carbocycles. The van der Waals surface area contributed by atoms with Crippen LogP contribution in [0.1, 0.15) is 46.1 Å². The quantitative estimate of drug-likeness (QED) is 0.523. The second-order valence-electron chi connectivity index (χ2n) is 9.02. The summed E-state index contributed by atoms with van der Waals surface area (Å²) in [5.41, 5.74) is -0.618. The monoisotopic (exact) mass is 461 g/mol. The summed E-state index contributed by atoms with van der Waals surface area (Å²) in [6.07, 6.45) is 1.21. The molecule has 176 valence electrons. The molecule has 0 saturated heterocycles. The van der Waals surface area contributed by atoms with Crippen molar-refractivity contribution < 1.29 is 22.7 Å². The highest BCUT2D eigenvalue weighted by Crippen LogP contribution is 2.36. The van der Waals surface area contributed by atoms with Crippen molar-refractivity contribution in [3.63, 3.8) is 0 Å². The van der Waals surface area contributed by atoms with Crippen molar-refractivity contribution in [2.75, 3.05) is 10.6 Å². The molecular formula is C23H26F3N5O2. The lowest BCUT2D eigenvalue weighted by molar-refractivity contribution is 0.0501. The van der Waals surface area contributed by atoms with Gasteiger partial charge in [0.25, 0.3) is 0 Å². The Bertz CT molecular complexity index is 1080. The number of nitriles is 1. The fourth-order valence-corrected chi connectivity index (χ4v) is 3.33. The minimum absolute atomic E-state index is 0.0188. The van der Waals surface area contributed by atoms with Crippen LogP contribution in [0.3, 0.4) is 0 Å². The van der Waals surface area contributed by atoms with E-state index in [1.165, 1.54) is 6.07 Å². The first-order valence-electron chi connectivity index (χ1n) is 10.6. The molecule has 3 rings (SSSR count). The summed E-state index contributed by atoms with van der Waals surface area (Å²) in [5.74, 6) is -2.81. The second-order valence-corrected chi connectivity index (χ2v) is 9.02. The lowest BCUT2D eigenvalue weighted by Gasteiger charge is -2.28. The van der Waals surface area contributed by atoms with Gasteiger partial charge in [-0.2, -0.15) is 5.26 Å². The van der Waals surface area contributed by atoms with Crippen LogP contribution in [0.5, 0.6) is 0 Å². The molecule has 0 radical (unpaired) electrons. The van der Waals surface area contributed by atoms with Gasteiger partial charge >= 0.3 is 6.09 Å². The van der Waals surface area contributed by atoms with Gasteiger partial charge in [-0.1, -0.05) is 0 Å². The Morgan fingerprint density at radius 3 is 2.42 bits per heavy atom. The molecule has 1 aliphatic rings. The van der Waals surface area contributed by atoms with Crippen molar-refractivity contribution >= 4 is 23.4 Å². The largest absolute Gasteiger partial charge is 0.444 e. The van der Waals surface area contributed by atoms with Crippen molar-refractivity contribution in [3.8, 4) is 6.07 Å². The number of ether oxygens (including phenoxy) is 1. The van der Waals surface area contributed by atoms with Crippen molar-refractivity contribution in [1.82, 2.24) is 10.3 Å². The predicted octanol–water partition coefficient (Wildman–Crippen LogP) is 5.22. The van der Waals surface area contributed by atoms with E-state index in [2.05, 4.69) is 20.9 Å². The molecule has 1 aromatic heterocycles. The van der Waals surface area contributed by atoms with Crippen LogP contribution in [-0.2, 0) is 4.74 Å². The van der Waals surface area contributed by atoms with Crippen LogP contribution in [0.15, 0.2) is 24.3 Å². The average Bonchev–Trinajstić information content (AvgIpc) is 3.54. The summed E-state index contributed by atoms with van der Waals surface area (Å²) >= 11 is 0. The second kappa shape index (κ2) is 9.57. The van der Waals surface area contributed by atoms with E-state index in [4.69, 9.17) is 4.74 Å². The van der Waals surface area contributed by atoms with Gasteiger partial charge in [-0.3, -0.25) is 0 Å². The lowest BCUT2D eigenvalue weighted by Crippen LogP contribution is -2.47. The number of alkyl carbamates (subject to hydrolysis) is 1. The van der Waals surface area contributed by atoms with Crippen LogP contribution in [0.2, 0.25) is 0 Å². The maximum Gasteiger partial charge on any atom is 0.407 e. The molecule has 10 heteroatoms. The van der Waals surface area contributed by atoms with Crippen LogP contribution < -0.4 is 16.0 Å². The van der Waals surface area contributed by atoms with Gasteiger partial charge in [0.2, 0.25) is 0 Å². The van der Waals surface area contributed by atoms with E-state index in [0.29, 0.717) is 0 Å². The molecule has 0 spiro atoms. The molecule has 0 aliphatic heterocycles. The molecule has 1 aromatic carbocycles. The van der Waals surface area contributed by atoms with Crippen molar-refractivity contribution in [2.24, 2.45) is 5.92 Å². The first-order chi connectivity index (χ1) is 15.5. The highest BCUT2D eigenvalue weighted by Gasteiger charge is 2.37. The number of rotatable bonds is 7. The predicted molar refractivity (Wildman–Crippen MR) is 118 cm³/mol. The number of nitrogens with one attached hydrogen (secondary N) is 3. The number of anilines is 3. The molecule has 1 heterocycles. The average molecular weight is 461 g/mol. The van der Waals surface area contributed by atoms with Gasteiger partial charge in [-0.15, -0.1) is 0 Å². The normalized spacial score (nSPS) is 15.2. The molecule has 2 aromatic rings. The number of carbonyl (C=O) groups is 1. The van der Waals surface area contributed by atoms with Crippen LogP contribution >= 0.6 is 0 Å². The molecule has 3 N–H and O–H groups in total. The molecular weight excluding hydrogens is 435 g/mol. The summed E-state index contributed by atoms with van der Waals surface area (Å²) < 4.78 is 46.8. The highest BCUT2D eigenvalue weighted by molar-refractivity contribution is 5.68. The fourth-order valence-electron chi connectivity index (χ4n) is 3.33. The third-order valence-corrected chi connectivity index (χ3v) is 5.00. The van der Waals surface area contributed by atoms with Gasteiger partial charge < -0.3 is 20.7 Å². The number of pyridine rings is 1. The zero-order valence-electron chi connectivity index (χ0n) is 18.8. The maximum absolute atomic E-state index is 14.7. The number of nitrogens with zero attached hydrogens (tertiary/aromatic N) is 2. The molecule has 2 atom stereocenters. The van der Waals surface area contributed by atoms with E-state index in [1.54, 1.807) is 27.7 Å². The molecule has 1 saturated carbocycles. The molecule has 0 unspecified atom stereocenters. The molecule has 1 amide bonds. The number of carbonyl (C=O) groups excluding carboxylic acids is 1. The Morgan fingerprint density at radius 2 is 1.85 bits per heavy atom. The number of amides is 1. The minimum atomic E-state index is -1.07. The minimum Gasteiger partial charge on any atom is -0.444 e. The van der Waals surface area contributed by atoms with Crippen molar-refractivity contribution in [3.05, 3.63) is 47.3 Å². The number of aromatic nitrogens is 1. The Balaban J connectivity index is 1.82. The zero-order chi connectivity index (χ0) is 24.3. The summed E-state index contributed by atoms with van der Waals surface area (Å²) in [6, 6.07) is 5.20. The maximum atomic E-state index is 14.7. The van der Waals surface area contributed by atoms with Crippen LogP contribution in [0.4, 0.5) is 35.3 Å². The van der Waals surface area contributed by atoms with Gasteiger partial charge in [0.15, 0.2) is 29.1 Å². The SMILES string of the molecule is C[C@H](NC(=O)OC(C)(C)C)[C@H](Nc1nc(Nc2ccc(F)c(F)c2)c(C#N)cc1F)C1CC1. The summed E-state index contributed by atoms with van der Waals surface area (Å²) in [4.78, 5) is 16.4. The Hall–Kier alpha value is -3.48. The molecule has 1 fully saturated rings. The Kier molecular flexibility index (Phi) is 7.01. The first kappa shape index (κ1) is 24.2. The number of hydrogen-bond donors (Lipinski definition) is 3. The molecule has 7 nitrogen and oxygen atoms in total. The fraction of sp³-hybridized carbons (Fsp3) is 0.435. The van der Waals surface area contributed by atoms with E-state index < -0.39 is 35.2 Å². The number of halogens is 3. The highest BCUT2D eigenvalue weighted by atomic mass is 19.2. The van der Waals surface area contributed by atoms with E-state index in [-0.39, 0.29) is 34.8 Å². The number of hydrogen-bond acceptors (Lipinski definition) is 6. The smallest absolute Gasteiger partial charge is 0.407 e. The van der Waals surface area contributed by atoms with E-state index in [0.717, 1.165) is 31.0 Å². The molecule has 33 heavy (non-hydrogen) atoms. The van der Waals surface area contributed by atoms with E-state index >= 15 is 0 Å². The van der Waals surface area contributed by atoms with Gasteiger partial charge in [0.05, 0.1) is 11.6 Å². The van der Waals surface area contributed by atoms with Gasteiger partial charge in [-0.05, 0) is 64.7 Å². The van der Waals surface area contributed by atoms with Gasteiger partial charge in [-0.25, -0.2) is 22.9 Å². The Labute approximate surface area is 190 Å². The van der Waals surface area contributed by atoms with Crippen LogP contribution in [-0.4, -0.2) is 28.8 Å². The summed E-state index contributed by atoms with van der Waals surface area (Å²) in [7, 11) is 0. The van der Waals surface area contributed by atoms with Crippen molar-refractivity contribution in [2.45, 2.75) is 58.2 Å².